The average molecular weight is 626 g/mol. The molecular formula is C30H27ClF3N7O3. The molecule has 1 unspecified atom stereocenters. The maximum atomic E-state index is 13.7. The Kier molecular flexibility index (Phi) is 7.97. The average Bonchev–Trinajstić information content (AvgIpc) is 3.64. The predicted molar refractivity (Wildman–Crippen MR) is 155 cm³/mol. The van der Waals surface area contributed by atoms with E-state index >= 15 is 0 Å². The van der Waals surface area contributed by atoms with Crippen LogP contribution in [0.2, 0.25) is 5.02 Å². The number of nitrogens with one attached hydrogen (secondary N) is 1. The molecule has 0 saturated carbocycles. The first-order valence-electron chi connectivity index (χ1n) is 14.2. The summed E-state index contributed by atoms with van der Waals surface area (Å²) in [5.74, 6) is -0.307. The van der Waals surface area contributed by atoms with Gasteiger partial charge in [0.2, 0.25) is 11.8 Å². The molecule has 2 aromatic carbocycles. The summed E-state index contributed by atoms with van der Waals surface area (Å²) in [7, 11) is 0. The van der Waals surface area contributed by atoms with Gasteiger partial charge >= 0.3 is 6.18 Å². The number of rotatable bonds is 3. The Morgan fingerprint density at radius 3 is 2.57 bits per heavy atom. The van der Waals surface area contributed by atoms with Gasteiger partial charge in [-0.05, 0) is 55.2 Å². The molecular weight excluding hydrogens is 599 g/mol. The zero-order valence-electron chi connectivity index (χ0n) is 23.3. The van der Waals surface area contributed by atoms with Crippen molar-refractivity contribution in [1.29, 1.82) is 0 Å². The SMILES string of the molecule is O=C1NCCCCCC(n2cnc(-c3cc(Cl)ccc3-n3cc(C(F)(F)F)nn3)cc2=O)c2cccc(c2)N2C(=O)CC[C@H]12. The van der Waals surface area contributed by atoms with Crippen LogP contribution < -0.4 is 15.8 Å². The Labute approximate surface area is 254 Å². The third-order valence-corrected chi connectivity index (χ3v) is 8.17. The van der Waals surface area contributed by atoms with Crippen LogP contribution in [0.3, 0.4) is 0 Å². The number of anilines is 1. The van der Waals surface area contributed by atoms with E-state index in [9.17, 15) is 27.6 Å². The lowest BCUT2D eigenvalue weighted by molar-refractivity contribution is -0.141. The molecule has 1 N–H and O–H groups in total. The lowest BCUT2D eigenvalue weighted by Gasteiger charge is -2.26. The molecule has 10 nitrogen and oxygen atoms in total. The quantitative estimate of drug-likeness (QED) is 0.345. The fourth-order valence-corrected chi connectivity index (χ4v) is 5.96. The van der Waals surface area contributed by atoms with Crippen molar-refractivity contribution in [3.05, 3.63) is 87.7 Å². The summed E-state index contributed by atoms with van der Waals surface area (Å²) in [6.07, 6.45) is 1.11. The molecule has 0 spiro atoms. The Bertz CT molecular complexity index is 1790. The second-order valence-corrected chi connectivity index (χ2v) is 11.2. The minimum absolute atomic E-state index is 0.135. The molecule has 1 fully saturated rings. The second kappa shape index (κ2) is 11.9. The van der Waals surface area contributed by atoms with Crippen LogP contribution in [-0.4, -0.2) is 48.9 Å². The molecule has 4 heterocycles. The molecule has 228 valence electrons. The molecule has 2 atom stereocenters. The van der Waals surface area contributed by atoms with Gasteiger partial charge in [0.15, 0.2) is 5.69 Å². The van der Waals surface area contributed by atoms with Crippen LogP contribution in [0.1, 0.15) is 55.8 Å². The summed E-state index contributed by atoms with van der Waals surface area (Å²) in [5.41, 5.74) is 0.523. The zero-order chi connectivity index (χ0) is 31.0. The summed E-state index contributed by atoms with van der Waals surface area (Å²) >= 11 is 6.23. The lowest BCUT2D eigenvalue weighted by atomic mass is 9.99. The molecule has 4 aromatic rings. The van der Waals surface area contributed by atoms with Gasteiger partial charge in [-0.1, -0.05) is 41.8 Å². The number of benzene rings is 2. The Morgan fingerprint density at radius 1 is 0.955 bits per heavy atom. The molecule has 44 heavy (non-hydrogen) atoms. The number of hydrogen-bond acceptors (Lipinski definition) is 6. The van der Waals surface area contributed by atoms with E-state index in [1.807, 2.05) is 12.1 Å². The van der Waals surface area contributed by atoms with Crippen molar-refractivity contribution in [3.63, 3.8) is 0 Å². The maximum absolute atomic E-state index is 13.7. The van der Waals surface area contributed by atoms with Crippen molar-refractivity contribution in [2.75, 3.05) is 11.4 Å². The monoisotopic (exact) mass is 625 g/mol. The molecule has 2 aromatic heterocycles. The number of amides is 2. The van der Waals surface area contributed by atoms with Crippen molar-refractivity contribution in [2.24, 2.45) is 0 Å². The van der Waals surface area contributed by atoms with Gasteiger partial charge in [-0.3, -0.25) is 23.9 Å². The van der Waals surface area contributed by atoms with Crippen molar-refractivity contribution >= 4 is 29.1 Å². The van der Waals surface area contributed by atoms with E-state index < -0.39 is 24.0 Å². The van der Waals surface area contributed by atoms with Crippen molar-refractivity contribution in [1.82, 2.24) is 29.9 Å². The number of hydrogen-bond donors (Lipinski definition) is 1. The van der Waals surface area contributed by atoms with Gasteiger partial charge in [0, 0.05) is 35.3 Å². The number of carbonyl (C=O) groups is 2. The van der Waals surface area contributed by atoms with Crippen molar-refractivity contribution in [2.45, 2.75) is 56.8 Å². The van der Waals surface area contributed by atoms with Crippen LogP contribution in [-0.2, 0) is 15.8 Å². The number of aromatic nitrogens is 5. The van der Waals surface area contributed by atoms with Crippen molar-refractivity contribution < 1.29 is 22.8 Å². The molecule has 14 heteroatoms. The van der Waals surface area contributed by atoms with Crippen LogP contribution in [0.4, 0.5) is 18.9 Å². The first-order valence-corrected chi connectivity index (χ1v) is 14.6. The molecule has 0 radical (unpaired) electrons. The summed E-state index contributed by atoms with van der Waals surface area (Å²) in [5, 5.41) is 10.1. The number of alkyl halides is 3. The zero-order valence-corrected chi connectivity index (χ0v) is 24.1. The van der Waals surface area contributed by atoms with E-state index in [2.05, 4.69) is 20.6 Å². The van der Waals surface area contributed by atoms with Crippen LogP contribution >= 0.6 is 11.6 Å². The number of carbonyl (C=O) groups excluding carboxylic acids is 2. The first kappa shape index (κ1) is 29.5. The third-order valence-electron chi connectivity index (χ3n) is 7.94. The van der Waals surface area contributed by atoms with E-state index in [4.69, 9.17) is 11.6 Å². The van der Waals surface area contributed by atoms with Gasteiger partial charge in [0.25, 0.3) is 5.56 Å². The molecule has 2 bridgehead atoms. The molecule has 6 rings (SSSR count). The minimum atomic E-state index is -4.68. The highest BCUT2D eigenvalue weighted by molar-refractivity contribution is 6.31. The van der Waals surface area contributed by atoms with Crippen LogP contribution in [0.25, 0.3) is 16.9 Å². The number of fused-ring (bicyclic) bond motifs is 4. The van der Waals surface area contributed by atoms with E-state index in [1.165, 1.54) is 40.1 Å². The maximum Gasteiger partial charge on any atom is 0.436 e. The third kappa shape index (κ3) is 5.83. The minimum Gasteiger partial charge on any atom is -0.354 e. The van der Waals surface area contributed by atoms with Gasteiger partial charge in [-0.25, -0.2) is 9.67 Å². The van der Waals surface area contributed by atoms with Gasteiger partial charge in [0.1, 0.15) is 6.04 Å². The van der Waals surface area contributed by atoms with Crippen LogP contribution in [0.5, 0.6) is 0 Å². The topological polar surface area (TPSA) is 115 Å². The van der Waals surface area contributed by atoms with E-state index in [-0.39, 0.29) is 35.2 Å². The summed E-state index contributed by atoms with van der Waals surface area (Å²) < 4.78 is 42.0. The largest absolute Gasteiger partial charge is 0.436 e. The van der Waals surface area contributed by atoms with Gasteiger partial charge < -0.3 is 5.32 Å². The number of nitrogens with zero attached hydrogens (tertiary/aromatic N) is 6. The normalized spacial score (nSPS) is 19.5. The summed E-state index contributed by atoms with van der Waals surface area (Å²) in [6.45, 7) is 0.494. The highest BCUT2D eigenvalue weighted by Gasteiger charge is 2.37. The van der Waals surface area contributed by atoms with Crippen molar-refractivity contribution in [3.8, 4) is 16.9 Å². The Morgan fingerprint density at radius 2 is 1.80 bits per heavy atom. The highest BCUT2D eigenvalue weighted by atomic mass is 35.5. The van der Waals surface area contributed by atoms with Crippen LogP contribution in [0, 0.1) is 0 Å². The fraction of sp³-hybridized carbons (Fsp3) is 0.333. The lowest BCUT2D eigenvalue weighted by Crippen LogP contribution is -2.45. The molecule has 0 aliphatic carbocycles. The van der Waals surface area contributed by atoms with Gasteiger partial charge in [-0.15, -0.1) is 5.10 Å². The van der Waals surface area contributed by atoms with Gasteiger partial charge in [-0.2, -0.15) is 13.2 Å². The summed E-state index contributed by atoms with van der Waals surface area (Å²) in [6, 6.07) is 12.1. The Hall–Kier alpha value is -4.52. The summed E-state index contributed by atoms with van der Waals surface area (Å²) in [4.78, 5) is 45.4. The Balaban J connectivity index is 1.39. The predicted octanol–water partition coefficient (Wildman–Crippen LogP) is 4.94. The van der Waals surface area contributed by atoms with E-state index in [0.717, 1.165) is 35.7 Å². The fourth-order valence-electron chi connectivity index (χ4n) is 5.79. The van der Waals surface area contributed by atoms with Crippen LogP contribution in [0.15, 0.2) is 65.8 Å². The second-order valence-electron chi connectivity index (χ2n) is 10.8. The number of halogens is 4. The van der Waals surface area contributed by atoms with E-state index in [0.29, 0.717) is 35.7 Å². The standard InChI is InChI=1S/C30H27ClF3N7O3/c31-19-8-9-24(40-16-26(37-38-40)30(32,33)34)21(14-19)22-15-28(43)39(17-36-22)23-7-2-1-3-12-35-29(44)25-10-11-27(42)41(25)20-6-4-5-18(23)13-20/h4-6,8-9,13-17,23,25H,1-3,7,10-12H2,(H,35,44)/t23?,25-/m1/s1. The van der Waals surface area contributed by atoms with Gasteiger partial charge in [0.05, 0.1) is 29.9 Å². The molecule has 1 saturated heterocycles. The molecule has 2 aliphatic heterocycles. The molecule has 2 aliphatic rings. The smallest absolute Gasteiger partial charge is 0.354 e. The highest BCUT2D eigenvalue weighted by Crippen LogP contribution is 2.33. The first-order chi connectivity index (χ1) is 21.1. The molecule has 2 amide bonds. The van der Waals surface area contributed by atoms with E-state index in [1.54, 1.807) is 12.1 Å².